The third-order valence-corrected chi connectivity index (χ3v) is 15.7. The average molecular weight is 1070 g/mol. The Bertz CT molecular complexity index is 1230. The summed E-state index contributed by atoms with van der Waals surface area (Å²) in [5, 5.41) is 0. The molecule has 0 saturated heterocycles. The first-order valence-corrected chi connectivity index (χ1v) is 34.3. The second-order valence-corrected chi connectivity index (χ2v) is 23.4. The first-order chi connectivity index (χ1) is 37.5. The van der Waals surface area contributed by atoms with Crippen molar-refractivity contribution >= 4 is 17.9 Å². The quantitative estimate of drug-likeness (QED) is 0.0261. The molecule has 1 atom stereocenters. The standard InChI is InChI=1S/C70H132O6/c1-4-7-10-13-16-19-22-25-26-27-28-29-30-31-32-33-34-35-36-37-38-39-40-41-42-43-44-46-48-51-54-57-60-63-69(72)75-66-67(65-74-68(71)62-59-56-53-50-47-24-21-18-15-12-9-6-3)76-70(73)64-61-58-55-52-49-45-23-20-17-14-11-8-5-2/h18,21,27-28,67H,4-17,19-20,22-26,29-66H2,1-3H3/b21-18-,28-27-. The van der Waals surface area contributed by atoms with Crippen LogP contribution in [0.5, 0.6) is 0 Å². The van der Waals surface area contributed by atoms with Gasteiger partial charge in [-0.15, -0.1) is 0 Å². The van der Waals surface area contributed by atoms with Gasteiger partial charge in [-0.3, -0.25) is 14.4 Å². The number of carbonyl (C=O) groups is 3. The minimum Gasteiger partial charge on any atom is -0.462 e. The SMILES string of the molecule is CCCCC/C=C\CCCCCCCC(=O)OCC(COC(=O)CCCCCCCCCCCCCCCCCCCCCCC/C=C\CCCCCCCCCC)OC(=O)CCCCCCCCCCCCCCC. The molecule has 0 radical (unpaired) electrons. The van der Waals surface area contributed by atoms with Crippen molar-refractivity contribution < 1.29 is 28.6 Å². The fourth-order valence-electron chi connectivity index (χ4n) is 10.5. The van der Waals surface area contributed by atoms with Crippen molar-refractivity contribution in [3.05, 3.63) is 24.3 Å². The molecule has 448 valence electrons. The maximum Gasteiger partial charge on any atom is 0.306 e. The normalized spacial score (nSPS) is 12.1. The van der Waals surface area contributed by atoms with Crippen LogP contribution in [-0.4, -0.2) is 37.2 Å². The van der Waals surface area contributed by atoms with Gasteiger partial charge in [-0.2, -0.15) is 0 Å². The monoisotopic (exact) mass is 1070 g/mol. The van der Waals surface area contributed by atoms with Gasteiger partial charge in [0, 0.05) is 19.3 Å². The lowest BCUT2D eigenvalue weighted by Gasteiger charge is -2.18. The Morgan fingerprint density at radius 1 is 0.250 bits per heavy atom. The zero-order valence-electron chi connectivity index (χ0n) is 51.6. The van der Waals surface area contributed by atoms with Gasteiger partial charge in [-0.1, -0.05) is 321 Å². The molecule has 6 nitrogen and oxygen atoms in total. The summed E-state index contributed by atoms with van der Waals surface area (Å²) in [6, 6.07) is 0. The van der Waals surface area contributed by atoms with Gasteiger partial charge in [0.05, 0.1) is 0 Å². The van der Waals surface area contributed by atoms with Gasteiger partial charge in [-0.05, 0) is 70.6 Å². The molecule has 0 rings (SSSR count). The minimum absolute atomic E-state index is 0.0676. The summed E-state index contributed by atoms with van der Waals surface area (Å²) >= 11 is 0. The summed E-state index contributed by atoms with van der Waals surface area (Å²) in [4.78, 5) is 38.2. The molecule has 0 aromatic heterocycles. The van der Waals surface area contributed by atoms with Crippen molar-refractivity contribution in [1.29, 1.82) is 0 Å². The maximum absolute atomic E-state index is 12.9. The van der Waals surface area contributed by atoms with Crippen LogP contribution in [0, 0.1) is 0 Å². The Labute approximate surface area is 474 Å². The van der Waals surface area contributed by atoms with E-state index in [1.165, 1.54) is 283 Å². The number of rotatable bonds is 64. The summed E-state index contributed by atoms with van der Waals surface area (Å²) in [5.74, 6) is -0.851. The Kier molecular flexibility index (Phi) is 63.6. The molecule has 76 heavy (non-hydrogen) atoms. The molecule has 0 heterocycles. The summed E-state index contributed by atoms with van der Waals surface area (Å²) in [6.45, 7) is 6.67. The lowest BCUT2D eigenvalue weighted by molar-refractivity contribution is -0.167. The highest BCUT2D eigenvalue weighted by Gasteiger charge is 2.19. The molecule has 0 aromatic carbocycles. The van der Waals surface area contributed by atoms with Crippen LogP contribution in [0.25, 0.3) is 0 Å². The van der Waals surface area contributed by atoms with E-state index in [4.69, 9.17) is 14.2 Å². The smallest absolute Gasteiger partial charge is 0.306 e. The molecular weight excluding hydrogens is 937 g/mol. The molecule has 1 unspecified atom stereocenters. The number of allylic oxidation sites excluding steroid dienone is 4. The van der Waals surface area contributed by atoms with E-state index in [1.54, 1.807) is 0 Å². The average Bonchev–Trinajstić information content (AvgIpc) is 3.42. The number of carbonyl (C=O) groups excluding carboxylic acids is 3. The first kappa shape index (κ1) is 73.9. The van der Waals surface area contributed by atoms with Gasteiger partial charge in [0.1, 0.15) is 13.2 Å². The van der Waals surface area contributed by atoms with Crippen LogP contribution in [0.2, 0.25) is 0 Å². The van der Waals surface area contributed by atoms with Crippen LogP contribution in [0.15, 0.2) is 24.3 Å². The van der Waals surface area contributed by atoms with Gasteiger partial charge in [-0.25, -0.2) is 0 Å². The third-order valence-electron chi connectivity index (χ3n) is 15.7. The Morgan fingerprint density at radius 2 is 0.434 bits per heavy atom. The predicted molar refractivity (Wildman–Crippen MR) is 330 cm³/mol. The highest BCUT2D eigenvalue weighted by Crippen LogP contribution is 2.18. The minimum atomic E-state index is -0.769. The van der Waals surface area contributed by atoms with Crippen LogP contribution in [-0.2, 0) is 28.6 Å². The summed E-state index contributed by atoms with van der Waals surface area (Å²) < 4.78 is 16.9. The zero-order valence-corrected chi connectivity index (χ0v) is 51.6. The number of ether oxygens (including phenoxy) is 3. The largest absolute Gasteiger partial charge is 0.462 e. The number of hydrogen-bond donors (Lipinski definition) is 0. The first-order valence-electron chi connectivity index (χ1n) is 34.3. The van der Waals surface area contributed by atoms with Gasteiger partial charge in [0.15, 0.2) is 6.10 Å². The fraction of sp³-hybridized carbons (Fsp3) is 0.900. The molecule has 0 N–H and O–H groups in total. The second-order valence-electron chi connectivity index (χ2n) is 23.4. The summed E-state index contributed by atoms with van der Waals surface area (Å²) in [6.07, 6.45) is 79.4. The molecule has 0 fully saturated rings. The molecule has 0 amide bonds. The van der Waals surface area contributed by atoms with E-state index in [0.717, 1.165) is 64.2 Å². The fourth-order valence-corrected chi connectivity index (χ4v) is 10.5. The maximum atomic E-state index is 12.9. The molecule has 0 aromatic rings. The van der Waals surface area contributed by atoms with Crippen LogP contribution >= 0.6 is 0 Å². The van der Waals surface area contributed by atoms with Crippen molar-refractivity contribution in [2.75, 3.05) is 13.2 Å². The van der Waals surface area contributed by atoms with Gasteiger partial charge >= 0.3 is 17.9 Å². The van der Waals surface area contributed by atoms with Crippen molar-refractivity contribution in [2.45, 2.75) is 393 Å². The number of esters is 3. The molecule has 0 saturated carbocycles. The van der Waals surface area contributed by atoms with E-state index >= 15 is 0 Å². The van der Waals surface area contributed by atoms with Crippen LogP contribution in [0.4, 0.5) is 0 Å². The lowest BCUT2D eigenvalue weighted by Crippen LogP contribution is -2.30. The zero-order chi connectivity index (χ0) is 55.0. The van der Waals surface area contributed by atoms with E-state index in [0.29, 0.717) is 19.3 Å². The van der Waals surface area contributed by atoms with E-state index in [2.05, 4.69) is 45.1 Å². The van der Waals surface area contributed by atoms with Crippen molar-refractivity contribution in [2.24, 2.45) is 0 Å². The lowest BCUT2D eigenvalue weighted by atomic mass is 10.0. The Balaban J connectivity index is 4.02. The van der Waals surface area contributed by atoms with Gasteiger partial charge in [0.25, 0.3) is 0 Å². The van der Waals surface area contributed by atoms with Crippen LogP contribution < -0.4 is 0 Å². The van der Waals surface area contributed by atoms with Gasteiger partial charge in [0.2, 0.25) is 0 Å². The molecule has 0 aliphatic heterocycles. The molecule has 0 bridgehead atoms. The molecule has 0 spiro atoms. The Morgan fingerprint density at radius 3 is 0.684 bits per heavy atom. The van der Waals surface area contributed by atoms with E-state index in [1.807, 2.05) is 0 Å². The highest BCUT2D eigenvalue weighted by atomic mass is 16.6. The van der Waals surface area contributed by atoms with Crippen molar-refractivity contribution in [3.63, 3.8) is 0 Å². The molecule has 6 heteroatoms. The Hall–Kier alpha value is -2.11. The topological polar surface area (TPSA) is 78.9 Å². The van der Waals surface area contributed by atoms with E-state index in [9.17, 15) is 14.4 Å². The highest BCUT2D eigenvalue weighted by molar-refractivity contribution is 5.71. The molecule has 0 aliphatic rings. The number of unbranched alkanes of at least 4 members (excludes halogenated alkanes) is 49. The number of hydrogen-bond acceptors (Lipinski definition) is 6. The van der Waals surface area contributed by atoms with E-state index in [-0.39, 0.29) is 31.1 Å². The third kappa shape index (κ3) is 62.7. The summed E-state index contributed by atoms with van der Waals surface area (Å²) in [5.41, 5.74) is 0. The van der Waals surface area contributed by atoms with Crippen LogP contribution in [0.3, 0.4) is 0 Å². The van der Waals surface area contributed by atoms with Crippen LogP contribution in [0.1, 0.15) is 387 Å². The van der Waals surface area contributed by atoms with Crippen molar-refractivity contribution in [1.82, 2.24) is 0 Å². The second kappa shape index (κ2) is 65.4. The van der Waals surface area contributed by atoms with Crippen molar-refractivity contribution in [3.8, 4) is 0 Å². The van der Waals surface area contributed by atoms with Gasteiger partial charge < -0.3 is 14.2 Å². The summed E-state index contributed by atoms with van der Waals surface area (Å²) in [7, 11) is 0. The molecular formula is C70H132O6. The van der Waals surface area contributed by atoms with E-state index < -0.39 is 6.10 Å². The molecule has 0 aliphatic carbocycles. The predicted octanol–water partition coefficient (Wildman–Crippen LogP) is 23.4.